The minimum atomic E-state index is -0.166. The van der Waals surface area contributed by atoms with Crippen LogP contribution in [0.2, 0.25) is 0 Å². The van der Waals surface area contributed by atoms with Crippen LogP contribution in [0.25, 0.3) is 0 Å². The van der Waals surface area contributed by atoms with Gasteiger partial charge in [-0.05, 0) is 17.7 Å². The first-order chi connectivity index (χ1) is 10.7. The van der Waals surface area contributed by atoms with E-state index in [9.17, 15) is 0 Å². The minimum absolute atomic E-state index is 0.0502. The Hall–Kier alpha value is -2.46. The highest BCUT2D eigenvalue weighted by atomic mass is 16.5. The van der Waals surface area contributed by atoms with E-state index >= 15 is 0 Å². The number of benzene rings is 1. The SMILES string of the molecule is N=C1C=C2C(OC3NCc4ccccc43)=CC=CC2C(=N)C1. The van der Waals surface area contributed by atoms with E-state index in [-0.39, 0.29) is 12.1 Å². The molecule has 1 aromatic rings. The second-order valence-electron chi connectivity index (χ2n) is 5.80. The molecule has 22 heavy (non-hydrogen) atoms. The summed E-state index contributed by atoms with van der Waals surface area (Å²) in [4.78, 5) is 0. The van der Waals surface area contributed by atoms with Gasteiger partial charge in [-0.1, -0.05) is 36.4 Å². The van der Waals surface area contributed by atoms with Gasteiger partial charge in [0.15, 0.2) is 6.23 Å². The lowest BCUT2D eigenvalue weighted by atomic mass is 9.81. The molecule has 0 fully saturated rings. The molecule has 0 aromatic heterocycles. The molecule has 2 atom stereocenters. The van der Waals surface area contributed by atoms with E-state index in [0.717, 1.165) is 23.4 Å². The maximum absolute atomic E-state index is 8.10. The lowest BCUT2D eigenvalue weighted by molar-refractivity contribution is 0.0995. The summed E-state index contributed by atoms with van der Waals surface area (Å²) in [5, 5.41) is 19.4. The maximum atomic E-state index is 8.10. The first-order valence-corrected chi connectivity index (χ1v) is 7.45. The molecule has 1 aromatic carbocycles. The Balaban J connectivity index is 1.64. The Morgan fingerprint density at radius 3 is 2.95 bits per heavy atom. The van der Waals surface area contributed by atoms with Crippen molar-refractivity contribution in [3.63, 3.8) is 0 Å². The van der Waals surface area contributed by atoms with Crippen molar-refractivity contribution in [1.29, 1.82) is 10.8 Å². The molecule has 4 nitrogen and oxygen atoms in total. The van der Waals surface area contributed by atoms with Crippen LogP contribution in [-0.4, -0.2) is 11.4 Å². The number of hydrogen-bond donors (Lipinski definition) is 3. The van der Waals surface area contributed by atoms with Gasteiger partial charge in [-0.3, -0.25) is 5.32 Å². The Labute approximate surface area is 129 Å². The van der Waals surface area contributed by atoms with E-state index in [4.69, 9.17) is 15.6 Å². The van der Waals surface area contributed by atoms with Gasteiger partial charge in [-0.15, -0.1) is 0 Å². The molecule has 0 amide bonds. The third-order valence-electron chi connectivity index (χ3n) is 4.32. The average molecular weight is 291 g/mol. The second-order valence-corrected chi connectivity index (χ2v) is 5.80. The molecule has 4 heteroatoms. The van der Waals surface area contributed by atoms with Crippen molar-refractivity contribution >= 4 is 11.4 Å². The van der Waals surface area contributed by atoms with Crippen LogP contribution in [0.5, 0.6) is 0 Å². The van der Waals surface area contributed by atoms with E-state index in [1.807, 2.05) is 36.4 Å². The molecule has 3 N–H and O–H groups in total. The average Bonchev–Trinajstić information content (AvgIpc) is 2.91. The molecule has 0 saturated heterocycles. The summed E-state index contributed by atoms with van der Waals surface area (Å²) in [5.74, 6) is 0.710. The molecule has 110 valence electrons. The van der Waals surface area contributed by atoms with Crippen LogP contribution in [-0.2, 0) is 11.3 Å². The largest absolute Gasteiger partial charge is 0.471 e. The quantitative estimate of drug-likeness (QED) is 0.783. The summed E-state index contributed by atoms with van der Waals surface area (Å²) < 4.78 is 6.18. The van der Waals surface area contributed by atoms with Crippen LogP contribution >= 0.6 is 0 Å². The predicted molar refractivity (Wildman–Crippen MR) is 86.0 cm³/mol. The maximum Gasteiger partial charge on any atom is 0.177 e. The van der Waals surface area contributed by atoms with Gasteiger partial charge in [-0.25, -0.2) is 0 Å². The fourth-order valence-corrected chi connectivity index (χ4v) is 3.23. The van der Waals surface area contributed by atoms with Crippen LogP contribution in [0.4, 0.5) is 0 Å². The summed E-state index contributed by atoms with van der Waals surface area (Å²) in [6, 6.07) is 8.24. The zero-order valence-electron chi connectivity index (χ0n) is 12.1. The van der Waals surface area contributed by atoms with E-state index in [2.05, 4.69) is 17.4 Å². The lowest BCUT2D eigenvalue weighted by Gasteiger charge is -2.29. The lowest BCUT2D eigenvalue weighted by Crippen LogP contribution is -2.27. The minimum Gasteiger partial charge on any atom is -0.471 e. The Morgan fingerprint density at radius 2 is 2.05 bits per heavy atom. The standard InChI is InChI=1S/C18H17N3O/c19-12-8-15-14(16(20)9-12)6-3-7-17(15)22-18-13-5-2-1-4-11(13)10-21-18/h1-8,14,18-21H,9-10H2. The summed E-state index contributed by atoms with van der Waals surface area (Å²) in [7, 11) is 0. The Kier molecular flexibility index (Phi) is 3.05. The summed E-state index contributed by atoms with van der Waals surface area (Å²) in [6.07, 6.45) is 7.98. The topological polar surface area (TPSA) is 69.0 Å². The van der Waals surface area contributed by atoms with Crippen molar-refractivity contribution < 1.29 is 4.74 Å². The van der Waals surface area contributed by atoms with Gasteiger partial charge in [0.1, 0.15) is 5.76 Å². The molecule has 0 radical (unpaired) electrons. The van der Waals surface area contributed by atoms with Crippen LogP contribution in [0.1, 0.15) is 23.8 Å². The van der Waals surface area contributed by atoms with E-state index in [1.54, 1.807) is 0 Å². The van der Waals surface area contributed by atoms with Crippen LogP contribution in [0.15, 0.2) is 59.9 Å². The van der Waals surface area contributed by atoms with Gasteiger partial charge < -0.3 is 15.6 Å². The smallest absolute Gasteiger partial charge is 0.177 e. The molecule has 0 saturated carbocycles. The summed E-state index contributed by atoms with van der Waals surface area (Å²) >= 11 is 0. The van der Waals surface area contributed by atoms with Gasteiger partial charge in [0.2, 0.25) is 0 Å². The van der Waals surface area contributed by atoms with Crippen molar-refractivity contribution in [2.24, 2.45) is 5.92 Å². The molecule has 0 bridgehead atoms. The van der Waals surface area contributed by atoms with Crippen molar-refractivity contribution in [2.75, 3.05) is 0 Å². The van der Waals surface area contributed by atoms with Crippen LogP contribution < -0.4 is 5.32 Å². The molecule has 2 aliphatic carbocycles. The van der Waals surface area contributed by atoms with E-state index < -0.39 is 0 Å². The molecule has 1 aliphatic heterocycles. The van der Waals surface area contributed by atoms with Crippen LogP contribution in [0.3, 0.4) is 0 Å². The third-order valence-corrected chi connectivity index (χ3v) is 4.32. The van der Waals surface area contributed by atoms with Gasteiger partial charge >= 0.3 is 0 Å². The molecule has 2 unspecified atom stereocenters. The third kappa shape index (κ3) is 2.12. The van der Waals surface area contributed by atoms with Crippen molar-refractivity contribution in [3.05, 3.63) is 71.0 Å². The van der Waals surface area contributed by atoms with Crippen LogP contribution in [0, 0.1) is 16.7 Å². The first-order valence-electron chi connectivity index (χ1n) is 7.45. The summed E-state index contributed by atoms with van der Waals surface area (Å²) in [6.45, 7) is 0.804. The molecule has 4 rings (SSSR count). The molecule has 3 aliphatic rings. The normalized spacial score (nSPS) is 26.2. The first kappa shape index (κ1) is 13.2. The summed E-state index contributed by atoms with van der Waals surface area (Å²) in [5.41, 5.74) is 4.38. The number of allylic oxidation sites excluding steroid dienone is 5. The van der Waals surface area contributed by atoms with Gasteiger partial charge in [0, 0.05) is 41.4 Å². The fourth-order valence-electron chi connectivity index (χ4n) is 3.23. The van der Waals surface area contributed by atoms with Crippen molar-refractivity contribution in [1.82, 2.24) is 5.32 Å². The van der Waals surface area contributed by atoms with E-state index in [1.165, 1.54) is 5.56 Å². The fraction of sp³-hybridized carbons (Fsp3) is 0.222. The highest BCUT2D eigenvalue weighted by Crippen LogP contribution is 2.36. The second kappa shape index (κ2) is 5.07. The highest BCUT2D eigenvalue weighted by Gasteiger charge is 2.31. The predicted octanol–water partition coefficient (Wildman–Crippen LogP) is 3.24. The van der Waals surface area contributed by atoms with Gasteiger partial charge in [0.25, 0.3) is 0 Å². The monoisotopic (exact) mass is 291 g/mol. The Bertz CT molecular complexity index is 757. The molecular weight excluding hydrogens is 274 g/mol. The van der Waals surface area contributed by atoms with Crippen molar-refractivity contribution in [2.45, 2.75) is 19.2 Å². The number of nitrogens with one attached hydrogen (secondary N) is 3. The highest BCUT2D eigenvalue weighted by molar-refractivity contribution is 6.13. The number of fused-ring (bicyclic) bond motifs is 2. The van der Waals surface area contributed by atoms with E-state index in [0.29, 0.717) is 17.8 Å². The molecule has 0 spiro atoms. The Morgan fingerprint density at radius 1 is 1.18 bits per heavy atom. The zero-order valence-corrected chi connectivity index (χ0v) is 12.1. The van der Waals surface area contributed by atoms with Gasteiger partial charge in [-0.2, -0.15) is 0 Å². The number of ether oxygens (including phenoxy) is 1. The number of hydrogen-bond acceptors (Lipinski definition) is 4. The van der Waals surface area contributed by atoms with Crippen molar-refractivity contribution in [3.8, 4) is 0 Å². The molecular formula is C18H17N3O. The number of rotatable bonds is 2. The van der Waals surface area contributed by atoms with Gasteiger partial charge in [0.05, 0.1) is 0 Å². The zero-order chi connectivity index (χ0) is 15.1. The molecule has 1 heterocycles.